The summed E-state index contributed by atoms with van der Waals surface area (Å²) in [5.74, 6) is 0. The Hall–Kier alpha value is -1.76. The van der Waals surface area contributed by atoms with Gasteiger partial charge in [-0.05, 0) is 24.3 Å². The molecule has 1 aromatic heterocycles. The second kappa shape index (κ2) is 5.05. The molecule has 5 heteroatoms. The van der Waals surface area contributed by atoms with E-state index >= 15 is 0 Å². The molecule has 1 heterocycles. The van der Waals surface area contributed by atoms with Gasteiger partial charge in [0.15, 0.2) is 0 Å². The maximum absolute atomic E-state index is 8.63. The normalized spacial score (nSPS) is 9.71. The number of nitrogens with zero attached hydrogens (tertiary/aromatic N) is 2. The molecular formula is C12H7Cl2N3. The lowest BCUT2D eigenvalue weighted by atomic mass is 10.3. The lowest BCUT2D eigenvalue weighted by molar-refractivity contribution is 1.26. The fourth-order valence-electron chi connectivity index (χ4n) is 1.29. The summed E-state index contributed by atoms with van der Waals surface area (Å²) >= 11 is 11.9. The van der Waals surface area contributed by atoms with Crippen molar-refractivity contribution in [2.75, 3.05) is 5.32 Å². The van der Waals surface area contributed by atoms with Gasteiger partial charge in [0.2, 0.25) is 0 Å². The minimum Gasteiger partial charge on any atom is -0.353 e. The predicted molar refractivity (Wildman–Crippen MR) is 68.7 cm³/mol. The summed E-state index contributed by atoms with van der Waals surface area (Å²) in [6, 6.07) is 10.7. The average Bonchev–Trinajstić information content (AvgIpc) is 2.36. The van der Waals surface area contributed by atoms with E-state index < -0.39 is 0 Å². The van der Waals surface area contributed by atoms with Crippen molar-refractivity contribution in [2.45, 2.75) is 0 Å². The summed E-state index contributed by atoms with van der Waals surface area (Å²) in [4.78, 5) is 3.95. The largest absolute Gasteiger partial charge is 0.353 e. The highest BCUT2D eigenvalue weighted by Crippen LogP contribution is 2.31. The molecule has 0 aliphatic carbocycles. The van der Waals surface area contributed by atoms with Crippen molar-refractivity contribution in [3.05, 3.63) is 52.3 Å². The zero-order valence-electron chi connectivity index (χ0n) is 8.61. The van der Waals surface area contributed by atoms with Gasteiger partial charge in [0, 0.05) is 0 Å². The van der Waals surface area contributed by atoms with Crippen molar-refractivity contribution >= 4 is 34.6 Å². The molecule has 0 aliphatic rings. The highest BCUT2D eigenvalue weighted by Gasteiger charge is 2.04. The van der Waals surface area contributed by atoms with Gasteiger partial charge >= 0.3 is 0 Å². The highest BCUT2D eigenvalue weighted by molar-refractivity contribution is 6.43. The molecular weight excluding hydrogens is 257 g/mol. The summed E-state index contributed by atoms with van der Waals surface area (Å²) in [5, 5.41) is 12.6. The van der Waals surface area contributed by atoms with Crippen LogP contribution in [0.2, 0.25) is 10.0 Å². The van der Waals surface area contributed by atoms with Crippen LogP contribution in [0.3, 0.4) is 0 Å². The molecule has 3 nitrogen and oxygen atoms in total. The number of hydrogen-bond acceptors (Lipinski definition) is 3. The van der Waals surface area contributed by atoms with E-state index in [4.69, 9.17) is 28.5 Å². The Morgan fingerprint density at radius 1 is 1.18 bits per heavy atom. The number of benzene rings is 1. The Morgan fingerprint density at radius 3 is 2.65 bits per heavy atom. The standard InChI is InChI=1S/C12H7Cl2N3/c13-10-2-1-3-11(12(10)14)17-9-5-4-8(6-15)16-7-9/h1-5,7,17H. The number of nitriles is 1. The van der Waals surface area contributed by atoms with Gasteiger partial charge in [0.1, 0.15) is 11.8 Å². The quantitative estimate of drug-likeness (QED) is 0.891. The third kappa shape index (κ3) is 2.68. The van der Waals surface area contributed by atoms with E-state index in [1.807, 2.05) is 12.1 Å². The molecule has 0 atom stereocenters. The lowest BCUT2D eigenvalue weighted by Crippen LogP contribution is -1.93. The molecule has 0 bridgehead atoms. The van der Waals surface area contributed by atoms with E-state index in [2.05, 4.69) is 10.3 Å². The van der Waals surface area contributed by atoms with Gasteiger partial charge in [-0.3, -0.25) is 0 Å². The Labute approximate surface area is 109 Å². The molecule has 84 valence electrons. The summed E-state index contributed by atoms with van der Waals surface area (Å²) in [6.45, 7) is 0. The number of aromatic nitrogens is 1. The SMILES string of the molecule is N#Cc1ccc(Nc2cccc(Cl)c2Cl)cn1. The molecule has 0 radical (unpaired) electrons. The molecule has 1 N–H and O–H groups in total. The smallest absolute Gasteiger partial charge is 0.140 e. The third-order valence-electron chi connectivity index (χ3n) is 2.11. The maximum Gasteiger partial charge on any atom is 0.140 e. The molecule has 0 fully saturated rings. The van der Waals surface area contributed by atoms with Gasteiger partial charge in [-0.25, -0.2) is 4.98 Å². The van der Waals surface area contributed by atoms with Gasteiger partial charge in [-0.15, -0.1) is 0 Å². The molecule has 0 saturated carbocycles. The van der Waals surface area contributed by atoms with Crippen LogP contribution in [-0.4, -0.2) is 4.98 Å². The zero-order chi connectivity index (χ0) is 12.3. The van der Waals surface area contributed by atoms with Gasteiger partial charge in [-0.1, -0.05) is 29.3 Å². The first-order valence-corrected chi connectivity index (χ1v) is 5.53. The fraction of sp³-hybridized carbons (Fsp3) is 0. The van der Waals surface area contributed by atoms with Crippen molar-refractivity contribution in [3.63, 3.8) is 0 Å². The second-order valence-electron chi connectivity index (χ2n) is 3.27. The van der Waals surface area contributed by atoms with Crippen LogP contribution in [0.1, 0.15) is 5.69 Å². The van der Waals surface area contributed by atoms with Crippen LogP contribution in [0.15, 0.2) is 36.5 Å². The van der Waals surface area contributed by atoms with Crippen LogP contribution in [0.25, 0.3) is 0 Å². The number of halogens is 2. The van der Waals surface area contributed by atoms with Gasteiger partial charge in [0.25, 0.3) is 0 Å². The van der Waals surface area contributed by atoms with Crippen molar-refractivity contribution < 1.29 is 0 Å². The van der Waals surface area contributed by atoms with Gasteiger partial charge < -0.3 is 5.32 Å². The van der Waals surface area contributed by atoms with E-state index in [-0.39, 0.29) is 0 Å². The number of rotatable bonds is 2. The number of hydrogen-bond donors (Lipinski definition) is 1. The Balaban J connectivity index is 2.26. The topological polar surface area (TPSA) is 48.7 Å². The van der Waals surface area contributed by atoms with Crippen LogP contribution in [0.5, 0.6) is 0 Å². The first-order valence-electron chi connectivity index (χ1n) is 4.78. The van der Waals surface area contributed by atoms with Crippen molar-refractivity contribution in [3.8, 4) is 6.07 Å². The van der Waals surface area contributed by atoms with Crippen LogP contribution in [-0.2, 0) is 0 Å². The van der Waals surface area contributed by atoms with Gasteiger partial charge in [-0.2, -0.15) is 5.26 Å². The molecule has 2 rings (SSSR count). The monoisotopic (exact) mass is 263 g/mol. The van der Waals surface area contributed by atoms with Crippen LogP contribution in [0.4, 0.5) is 11.4 Å². The molecule has 0 unspecified atom stereocenters. The predicted octanol–water partition coefficient (Wildman–Crippen LogP) is 4.00. The molecule has 1 aromatic carbocycles. The third-order valence-corrected chi connectivity index (χ3v) is 2.93. The second-order valence-corrected chi connectivity index (χ2v) is 4.06. The molecule has 0 spiro atoms. The van der Waals surface area contributed by atoms with E-state index in [1.165, 1.54) is 0 Å². The minimum atomic E-state index is 0.368. The summed E-state index contributed by atoms with van der Waals surface area (Å²) in [5.41, 5.74) is 1.81. The average molecular weight is 264 g/mol. The van der Waals surface area contributed by atoms with Crippen LogP contribution in [0, 0.1) is 11.3 Å². The number of nitrogens with one attached hydrogen (secondary N) is 1. The fourth-order valence-corrected chi connectivity index (χ4v) is 1.64. The van der Waals surface area contributed by atoms with E-state index in [0.29, 0.717) is 21.4 Å². The van der Waals surface area contributed by atoms with Gasteiger partial charge in [0.05, 0.1) is 27.6 Å². The number of anilines is 2. The molecule has 0 aliphatic heterocycles. The van der Waals surface area contributed by atoms with Crippen molar-refractivity contribution in [2.24, 2.45) is 0 Å². The number of pyridine rings is 1. The minimum absolute atomic E-state index is 0.368. The first-order chi connectivity index (χ1) is 8.20. The van der Waals surface area contributed by atoms with E-state index in [9.17, 15) is 0 Å². The molecule has 0 amide bonds. The Kier molecular flexibility index (Phi) is 3.48. The van der Waals surface area contributed by atoms with Crippen LogP contribution >= 0.6 is 23.2 Å². The summed E-state index contributed by atoms with van der Waals surface area (Å²) in [7, 11) is 0. The van der Waals surface area contributed by atoms with Crippen molar-refractivity contribution in [1.29, 1.82) is 5.26 Å². The molecule has 0 saturated heterocycles. The lowest BCUT2D eigenvalue weighted by Gasteiger charge is -2.08. The molecule has 17 heavy (non-hydrogen) atoms. The van der Waals surface area contributed by atoms with E-state index in [1.54, 1.807) is 30.5 Å². The Bertz CT molecular complexity index is 573. The maximum atomic E-state index is 8.63. The Morgan fingerprint density at radius 2 is 2.00 bits per heavy atom. The highest BCUT2D eigenvalue weighted by atomic mass is 35.5. The summed E-state index contributed by atoms with van der Waals surface area (Å²) < 4.78 is 0. The summed E-state index contributed by atoms with van der Waals surface area (Å²) in [6.07, 6.45) is 1.57. The van der Waals surface area contributed by atoms with Crippen LogP contribution < -0.4 is 5.32 Å². The van der Waals surface area contributed by atoms with E-state index in [0.717, 1.165) is 5.69 Å². The first kappa shape index (κ1) is 11.7. The molecule has 2 aromatic rings. The van der Waals surface area contributed by atoms with Crippen molar-refractivity contribution in [1.82, 2.24) is 4.98 Å². The zero-order valence-corrected chi connectivity index (χ0v) is 10.1.